The number of esters is 1. The number of anilines is 1. The van der Waals surface area contributed by atoms with Gasteiger partial charge in [-0.1, -0.05) is 17.7 Å². The molecule has 0 radical (unpaired) electrons. The van der Waals surface area contributed by atoms with E-state index in [4.69, 9.17) is 16.3 Å². The van der Waals surface area contributed by atoms with Crippen LogP contribution in [0, 0.1) is 11.6 Å². The van der Waals surface area contributed by atoms with Gasteiger partial charge < -0.3 is 10.1 Å². The van der Waals surface area contributed by atoms with Crippen LogP contribution in [0.25, 0.3) is 0 Å². The molecule has 0 saturated carbocycles. The van der Waals surface area contributed by atoms with Gasteiger partial charge in [-0.3, -0.25) is 4.79 Å². The zero-order valence-electron chi connectivity index (χ0n) is 14.7. The van der Waals surface area contributed by atoms with Crippen molar-refractivity contribution < 1.29 is 31.5 Å². The third kappa shape index (κ3) is 6.08. The number of halogens is 3. The highest BCUT2D eigenvalue weighted by atomic mass is 35.5. The van der Waals surface area contributed by atoms with Crippen molar-refractivity contribution in [3.63, 3.8) is 0 Å². The number of hydrogen-bond donors (Lipinski definition) is 2. The van der Waals surface area contributed by atoms with Gasteiger partial charge in [-0.15, -0.1) is 6.58 Å². The maximum Gasteiger partial charge on any atom is 0.338 e. The Morgan fingerprint density at radius 1 is 1.14 bits per heavy atom. The van der Waals surface area contributed by atoms with Crippen LogP contribution in [0.15, 0.2) is 53.9 Å². The Morgan fingerprint density at radius 2 is 1.83 bits per heavy atom. The molecule has 0 aromatic heterocycles. The normalized spacial score (nSPS) is 11.0. The van der Waals surface area contributed by atoms with Crippen molar-refractivity contribution >= 4 is 39.2 Å². The van der Waals surface area contributed by atoms with Crippen LogP contribution in [0.1, 0.15) is 10.4 Å². The highest BCUT2D eigenvalue weighted by Crippen LogP contribution is 2.20. The van der Waals surface area contributed by atoms with Crippen LogP contribution in [0.4, 0.5) is 14.5 Å². The van der Waals surface area contributed by atoms with Crippen molar-refractivity contribution in [2.75, 3.05) is 18.5 Å². The summed E-state index contributed by atoms with van der Waals surface area (Å²) in [5, 5.41) is 2.36. The van der Waals surface area contributed by atoms with Gasteiger partial charge in [0.1, 0.15) is 16.5 Å². The summed E-state index contributed by atoms with van der Waals surface area (Å²) in [5.41, 5.74) is -0.505. The molecule has 7 nitrogen and oxygen atoms in total. The van der Waals surface area contributed by atoms with Gasteiger partial charge in [0.05, 0.1) is 11.3 Å². The minimum Gasteiger partial charge on any atom is -0.452 e. The number of benzene rings is 2. The number of sulfonamides is 1. The summed E-state index contributed by atoms with van der Waals surface area (Å²) in [5.74, 6) is -3.75. The molecule has 0 aliphatic carbocycles. The predicted molar refractivity (Wildman–Crippen MR) is 102 cm³/mol. The molecule has 0 spiro atoms. The Kier molecular flexibility index (Phi) is 7.43. The van der Waals surface area contributed by atoms with E-state index in [0.29, 0.717) is 0 Å². The van der Waals surface area contributed by atoms with Crippen molar-refractivity contribution in [3.8, 4) is 0 Å². The van der Waals surface area contributed by atoms with Crippen LogP contribution in [-0.4, -0.2) is 33.4 Å². The fourth-order valence-corrected chi connectivity index (χ4v) is 3.35. The maximum atomic E-state index is 13.9. The monoisotopic (exact) mass is 444 g/mol. The molecule has 29 heavy (non-hydrogen) atoms. The number of carbonyl (C=O) groups is 2. The molecule has 1 amide bonds. The first-order valence-corrected chi connectivity index (χ1v) is 9.82. The van der Waals surface area contributed by atoms with Gasteiger partial charge in [-0.2, -0.15) is 0 Å². The molecule has 2 N–H and O–H groups in total. The zero-order valence-corrected chi connectivity index (χ0v) is 16.3. The minimum atomic E-state index is -4.23. The molecule has 2 aromatic carbocycles. The number of hydrogen-bond acceptors (Lipinski definition) is 5. The first-order chi connectivity index (χ1) is 13.6. The van der Waals surface area contributed by atoms with E-state index in [9.17, 15) is 26.8 Å². The van der Waals surface area contributed by atoms with Gasteiger partial charge in [0.2, 0.25) is 10.0 Å². The molecule has 0 heterocycles. The molecule has 2 rings (SSSR count). The summed E-state index contributed by atoms with van der Waals surface area (Å²) in [6.07, 6.45) is 1.26. The van der Waals surface area contributed by atoms with Gasteiger partial charge >= 0.3 is 5.97 Å². The summed E-state index contributed by atoms with van der Waals surface area (Å²) in [6.45, 7) is 2.41. The highest BCUT2D eigenvalue weighted by Gasteiger charge is 2.21. The lowest BCUT2D eigenvalue weighted by Gasteiger charge is -2.10. The largest absolute Gasteiger partial charge is 0.452 e. The standard InChI is InChI=1S/C18H15ClF2N2O5S/c1-2-7-22-29(26,27)16-8-11(3-5-14(16)21)18(25)28-10-17(24)23-15-9-12(19)4-6-13(15)20/h2-6,8-9,22H,1,7,10H2,(H,23,24). The van der Waals surface area contributed by atoms with Crippen LogP contribution < -0.4 is 10.0 Å². The van der Waals surface area contributed by atoms with E-state index in [-0.39, 0.29) is 22.8 Å². The van der Waals surface area contributed by atoms with E-state index in [2.05, 4.69) is 16.6 Å². The summed E-state index contributed by atoms with van der Waals surface area (Å²) < 4.78 is 58.4. The molecule has 0 unspecified atom stereocenters. The number of ether oxygens (including phenoxy) is 1. The van der Waals surface area contributed by atoms with Crippen molar-refractivity contribution in [2.24, 2.45) is 0 Å². The molecular formula is C18H15ClF2N2O5S. The van der Waals surface area contributed by atoms with E-state index in [1.165, 1.54) is 18.2 Å². The van der Waals surface area contributed by atoms with E-state index in [1.54, 1.807) is 0 Å². The quantitative estimate of drug-likeness (QED) is 0.481. The van der Waals surface area contributed by atoms with Crippen LogP contribution in [0.5, 0.6) is 0 Å². The lowest BCUT2D eigenvalue weighted by atomic mass is 10.2. The average molecular weight is 445 g/mol. The number of amides is 1. The SMILES string of the molecule is C=CCNS(=O)(=O)c1cc(C(=O)OCC(=O)Nc2cc(Cl)ccc2F)ccc1F. The van der Waals surface area contributed by atoms with Crippen LogP contribution in [0.3, 0.4) is 0 Å². The molecule has 0 aliphatic heterocycles. The van der Waals surface area contributed by atoms with Crippen LogP contribution in [0.2, 0.25) is 5.02 Å². The highest BCUT2D eigenvalue weighted by molar-refractivity contribution is 7.89. The molecule has 11 heteroatoms. The second kappa shape index (κ2) is 9.59. The summed E-state index contributed by atoms with van der Waals surface area (Å²) in [4.78, 5) is 23.1. The van der Waals surface area contributed by atoms with Gasteiger partial charge in [-0.25, -0.2) is 26.7 Å². The molecule has 2 aromatic rings. The Morgan fingerprint density at radius 3 is 2.52 bits per heavy atom. The molecule has 0 fully saturated rings. The smallest absolute Gasteiger partial charge is 0.338 e. The van der Waals surface area contributed by atoms with Crippen molar-refractivity contribution in [1.29, 1.82) is 0 Å². The lowest BCUT2D eigenvalue weighted by Crippen LogP contribution is -2.25. The lowest BCUT2D eigenvalue weighted by molar-refractivity contribution is -0.119. The Balaban J connectivity index is 2.07. The van der Waals surface area contributed by atoms with E-state index in [1.807, 2.05) is 0 Å². The molecule has 0 aliphatic rings. The van der Waals surface area contributed by atoms with Crippen LogP contribution >= 0.6 is 11.6 Å². The Labute approximate surface area is 170 Å². The van der Waals surface area contributed by atoms with E-state index in [0.717, 1.165) is 24.3 Å². The van der Waals surface area contributed by atoms with Gasteiger partial charge in [0.15, 0.2) is 6.61 Å². The first-order valence-electron chi connectivity index (χ1n) is 7.96. The van der Waals surface area contributed by atoms with E-state index < -0.39 is 45.0 Å². The predicted octanol–water partition coefficient (Wildman–Crippen LogP) is 2.88. The Hall–Kier alpha value is -2.82. The fraction of sp³-hybridized carbons (Fsp3) is 0.111. The second-order valence-electron chi connectivity index (χ2n) is 5.53. The Bertz CT molecular complexity index is 1060. The first kappa shape index (κ1) is 22.5. The van der Waals surface area contributed by atoms with Crippen molar-refractivity contribution in [2.45, 2.75) is 4.90 Å². The second-order valence-corrected chi connectivity index (χ2v) is 7.71. The van der Waals surface area contributed by atoms with Gasteiger partial charge in [-0.05, 0) is 36.4 Å². The molecule has 0 atom stereocenters. The molecule has 154 valence electrons. The average Bonchev–Trinajstić information content (AvgIpc) is 2.67. The molecular weight excluding hydrogens is 430 g/mol. The molecule has 0 saturated heterocycles. The summed E-state index contributed by atoms with van der Waals surface area (Å²) in [6, 6.07) is 6.06. The van der Waals surface area contributed by atoms with Crippen molar-refractivity contribution in [1.82, 2.24) is 4.72 Å². The maximum absolute atomic E-state index is 13.9. The number of rotatable bonds is 8. The van der Waals surface area contributed by atoms with Gasteiger partial charge in [0, 0.05) is 11.6 Å². The van der Waals surface area contributed by atoms with Gasteiger partial charge in [0.25, 0.3) is 5.91 Å². The fourth-order valence-electron chi connectivity index (χ4n) is 2.08. The molecule has 0 bridgehead atoms. The van der Waals surface area contributed by atoms with E-state index >= 15 is 0 Å². The summed E-state index contributed by atoms with van der Waals surface area (Å²) in [7, 11) is -4.23. The van der Waals surface area contributed by atoms with Crippen LogP contribution in [-0.2, 0) is 19.6 Å². The number of carbonyl (C=O) groups excluding carboxylic acids is 2. The number of nitrogens with one attached hydrogen (secondary N) is 2. The third-order valence-corrected chi connectivity index (χ3v) is 5.08. The zero-order chi connectivity index (χ0) is 21.6. The topological polar surface area (TPSA) is 102 Å². The third-order valence-electron chi connectivity index (χ3n) is 3.41. The summed E-state index contributed by atoms with van der Waals surface area (Å²) >= 11 is 5.71. The minimum absolute atomic E-state index is 0.142. The van der Waals surface area contributed by atoms with Crippen molar-refractivity contribution in [3.05, 3.63) is 71.3 Å².